The number of hydrogen-bond acceptors (Lipinski definition) is 3. The number of benzene rings is 1. The Bertz CT molecular complexity index is 429. The molecule has 2 atom stereocenters. The minimum absolute atomic E-state index is 0.0215. The summed E-state index contributed by atoms with van der Waals surface area (Å²) in [6.07, 6.45) is 3.50. The van der Waals surface area contributed by atoms with Gasteiger partial charge in [0.05, 0.1) is 18.1 Å². The van der Waals surface area contributed by atoms with Crippen molar-refractivity contribution in [2.75, 3.05) is 13.2 Å². The molecule has 1 saturated carbocycles. The van der Waals surface area contributed by atoms with Crippen LogP contribution in [0.3, 0.4) is 0 Å². The zero-order valence-corrected chi connectivity index (χ0v) is 12.4. The van der Waals surface area contributed by atoms with Crippen molar-refractivity contribution in [3.63, 3.8) is 0 Å². The summed E-state index contributed by atoms with van der Waals surface area (Å²) in [7, 11) is 0. The molecular weight excluding hydrogens is 252 g/mol. The molecule has 0 radical (unpaired) electrons. The van der Waals surface area contributed by atoms with Gasteiger partial charge in [-0.2, -0.15) is 0 Å². The molecule has 0 N–H and O–H groups in total. The molecule has 1 aromatic rings. The Balaban J connectivity index is 2.26. The summed E-state index contributed by atoms with van der Waals surface area (Å²) in [5, 5.41) is 0. The van der Waals surface area contributed by atoms with Gasteiger partial charge in [0.2, 0.25) is 0 Å². The second kappa shape index (κ2) is 6.89. The maximum atomic E-state index is 12.6. The number of carbonyl (C=O) groups is 1. The second-order valence-electron chi connectivity index (χ2n) is 5.38. The van der Waals surface area contributed by atoms with Gasteiger partial charge in [-0.1, -0.05) is 30.3 Å². The maximum Gasteiger partial charge on any atom is 0.315 e. The first-order valence-corrected chi connectivity index (χ1v) is 7.55. The summed E-state index contributed by atoms with van der Waals surface area (Å²) in [6.45, 7) is 4.91. The maximum absolute atomic E-state index is 12.6. The van der Waals surface area contributed by atoms with E-state index in [4.69, 9.17) is 9.47 Å². The van der Waals surface area contributed by atoms with E-state index in [1.54, 1.807) is 0 Å². The molecule has 0 aliphatic heterocycles. The molecule has 0 saturated heterocycles. The van der Waals surface area contributed by atoms with E-state index in [1.807, 2.05) is 32.0 Å². The first-order valence-electron chi connectivity index (χ1n) is 7.55. The van der Waals surface area contributed by atoms with Crippen molar-refractivity contribution in [1.82, 2.24) is 0 Å². The molecule has 2 rings (SSSR count). The molecule has 2 unspecified atom stereocenters. The third-order valence-electron chi connectivity index (χ3n) is 4.12. The van der Waals surface area contributed by atoms with Crippen LogP contribution in [0.1, 0.15) is 38.7 Å². The van der Waals surface area contributed by atoms with E-state index in [-0.39, 0.29) is 12.1 Å². The highest BCUT2D eigenvalue weighted by Crippen LogP contribution is 2.44. The molecule has 0 spiro atoms. The molecule has 0 amide bonds. The van der Waals surface area contributed by atoms with E-state index >= 15 is 0 Å². The van der Waals surface area contributed by atoms with Gasteiger partial charge in [-0.05, 0) is 45.1 Å². The van der Waals surface area contributed by atoms with Gasteiger partial charge < -0.3 is 9.47 Å². The van der Waals surface area contributed by atoms with Crippen LogP contribution >= 0.6 is 0 Å². The lowest BCUT2D eigenvalue weighted by Crippen LogP contribution is -2.43. The lowest BCUT2D eigenvalue weighted by Gasteiger charge is -2.33. The molecule has 1 aromatic carbocycles. The average molecular weight is 276 g/mol. The third-order valence-corrected chi connectivity index (χ3v) is 4.12. The van der Waals surface area contributed by atoms with E-state index in [0.29, 0.717) is 19.6 Å². The average Bonchev–Trinajstić information content (AvgIpc) is 2.85. The Morgan fingerprint density at radius 1 is 1.25 bits per heavy atom. The van der Waals surface area contributed by atoms with Gasteiger partial charge in [0.1, 0.15) is 0 Å². The van der Waals surface area contributed by atoms with E-state index in [1.165, 1.54) is 5.56 Å². The first-order chi connectivity index (χ1) is 9.73. The number of ether oxygens (including phenoxy) is 2. The van der Waals surface area contributed by atoms with Gasteiger partial charge in [0.15, 0.2) is 0 Å². The quantitative estimate of drug-likeness (QED) is 0.747. The Morgan fingerprint density at radius 2 is 2.00 bits per heavy atom. The molecule has 0 aromatic heterocycles. The van der Waals surface area contributed by atoms with Crippen molar-refractivity contribution in [3.8, 4) is 0 Å². The lowest BCUT2D eigenvalue weighted by molar-refractivity contribution is -0.163. The third kappa shape index (κ3) is 3.04. The van der Waals surface area contributed by atoms with Gasteiger partial charge in [-0.25, -0.2) is 0 Å². The molecule has 3 heteroatoms. The summed E-state index contributed by atoms with van der Waals surface area (Å²) in [5.74, 6) is -0.0974. The molecule has 110 valence electrons. The minimum atomic E-state index is -0.507. The fourth-order valence-corrected chi connectivity index (χ4v) is 3.23. The first kappa shape index (κ1) is 15.0. The number of carbonyl (C=O) groups excluding carboxylic acids is 1. The Kier molecular flexibility index (Phi) is 5.18. The number of esters is 1. The summed E-state index contributed by atoms with van der Waals surface area (Å²) in [6, 6.07) is 10.2. The molecular formula is C17H24O3. The zero-order valence-electron chi connectivity index (χ0n) is 12.4. The van der Waals surface area contributed by atoms with E-state index in [2.05, 4.69) is 12.1 Å². The lowest BCUT2D eigenvalue weighted by atomic mass is 9.78. The van der Waals surface area contributed by atoms with Crippen LogP contribution in [0.4, 0.5) is 0 Å². The van der Waals surface area contributed by atoms with Crippen molar-refractivity contribution in [1.29, 1.82) is 0 Å². The summed E-state index contributed by atoms with van der Waals surface area (Å²) in [4.78, 5) is 12.6. The van der Waals surface area contributed by atoms with Crippen LogP contribution in [0, 0.1) is 5.41 Å². The van der Waals surface area contributed by atoms with Gasteiger partial charge >= 0.3 is 5.97 Å². The summed E-state index contributed by atoms with van der Waals surface area (Å²) in [5.41, 5.74) is 0.667. The van der Waals surface area contributed by atoms with E-state index in [9.17, 15) is 4.79 Å². The van der Waals surface area contributed by atoms with Gasteiger partial charge in [0, 0.05) is 6.61 Å². The van der Waals surface area contributed by atoms with Crippen molar-refractivity contribution in [2.24, 2.45) is 5.41 Å². The molecule has 3 nitrogen and oxygen atoms in total. The van der Waals surface area contributed by atoms with Crippen LogP contribution in [0.2, 0.25) is 0 Å². The zero-order chi connectivity index (χ0) is 14.4. The molecule has 1 aliphatic rings. The van der Waals surface area contributed by atoms with E-state index < -0.39 is 5.41 Å². The fourth-order valence-electron chi connectivity index (χ4n) is 3.23. The van der Waals surface area contributed by atoms with Crippen LogP contribution in [0.5, 0.6) is 0 Å². The predicted molar refractivity (Wildman–Crippen MR) is 78.5 cm³/mol. The predicted octanol–water partition coefficient (Wildman–Crippen LogP) is 3.37. The summed E-state index contributed by atoms with van der Waals surface area (Å²) < 4.78 is 11.2. The van der Waals surface area contributed by atoms with Crippen LogP contribution in [-0.2, 0) is 20.7 Å². The highest BCUT2D eigenvalue weighted by atomic mass is 16.5. The number of hydrogen-bond donors (Lipinski definition) is 0. The van der Waals surface area contributed by atoms with Crippen molar-refractivity contribution < 1.29 is 14.3 Å². The van der Waals surface area contributed by atoms with Gasteiger partial charge in [-0.15, -0.1) is 0 Å². The number of rotatable bonds is 6. The second-order valence-corrected chi connectivity index (χ2v) is 5.38. The Labute approximate surface area is 121 Å². The van der Waals surface area contributed by atoms with Crippen LogP contribution in [0.25, 0.3) is 0 Å². The van der Waals surface area contributed by atoms with Crippen molar-refractivity contribution >= 4 is 5.97 Å². The molecule has 0 heterocycles. The van der Waals surface area contributed by atoms with E-state index in [0.717, 1.165) is 19.3 Å². The smallest absolute Gasteiger partial charge is 0.315 e. The Morgan fingerprint density at radius 3 is 2.65 bits per heavy atom. The molecule has 1 aliphatic carbocycles. The SMILES string of the molecule is CCOC(=O)C1(Cc2ccccc2)CCCC1OCC. The topological polar surface area (TPSA) is 35.5 Å². The fraction of sp³-hybridized carbons (Fsp3) is 0.588. The van der Waals surface area contributed by atoms with Crippen LogP contribution in [0.15, 0.2) is 30.3 Å². The highest BCUT2D eigenvalue weighted by Gasteiger charge is 2.50. The molecule has 20 heavy (non-hydrogen) atoms. The monoisotopic (exact) mass is 276 g/mol. The standard InChI is InChI=1S/C17H24O3/c1-3-19-15-11-8-12-17(15,16(18)20-4-2)13-14-9-6-5-7-10-14/h5-7,9-10,15H,3-4,8,11-13H2,1-2H3. The van der Waals surface area contributed by atoms with Crippen molar-refractivity contribution in [3.05, 3.63) is 35.9 Å². The van der Waals surface area contributed by atoms with Gasteiger partial charge in [-0.3, -0.25) is 4.79 Å². The molecule has 1 fully saturated rings. The summed E-state index contributed by atoms with van der Waals surface area (Å²) >= 11 is 0. The largest absolute Gasteiger partial charge is 0.465 e. The van der Waals surface area contributed by atoms with Crippen LogP contribution in [-0.4, -0.2) is 25.3 Å². The normalized spacial score (nSPS) is 25.6. The van der Waals surface area contributed by atoms with Gasteiger partial charge in [0.25, 0.3) is 0 Å². The minimum Gasteiger partial charge on any atom is -0.465 e. The highest BCUT2D eigenvalue weighted by molar-refractivity contribution is 5.78. The molecule has 0 bridgehead atoms. The Hall–Kier alpha value is -1.35. The van der Waals surface area contributed by atoms with Crippen molar-refractivity contribution in [2.45, 2.75) is 45.6 Å². The van der Waals surface area contributed by atoms with Crippen LogP contribution < -0.4 is 0 Å².